The normalized spacial score (nSPS) is 11.2. The van der Waals surface area contributed by atoms with Crippen LogP contribution in [0, 0.1) is 6.92 Å². The van der Waals surface area contributed by atoms with Crippen LogP contribution in [-0.4, -0.2) is 16.2 Å². The maximum Gasteiger partial charge on any atom is 0.326 e. The Morgan fingerprint density at radius 1 is 1.20 bits per heavy atom. The number of aromatic nitrogens is 2. The molecule has 0 unspecified atom stereocenters. The van der Waals surface area contributed by atoms with Gasteiger partial charge in [0.15, 0.2) is 5.82 Å². The second-order valence-electron chi connectivity index (χ2n) is 5.63. The minimum atomic E-state index is -0.407. The Bertz CT molecular complexity index is 596. The summed E-state index contributed by atoms with van der Waals surface area (Å²) in [5.74, 6) is 1.56. The summed E-state index contributed by atoms with van der Waals surface area (Å²) in [6.07, 6.45) is 1.68. The number of anilines is 2. The van der Waals surface area contributed by atoms with Crippen LogP contribution in [0.3, 0.4) is 0 Å². The molecular formula is C14H18N4O2. The Labute approximate surface area is 117 Å². The quantitative estimate of drug-likeness (QED) is 0.880. The fourth-order valence-corrected chi connectivity index (χ4v) is 1.49. The van der Waals surface area contributed by atoms with Crippen LogP contribution >= 0.6 is 0 Å². The number of urea groups is 1. The van der Waals surface area contributed by atoms with Gasteiger partial charge in [0.25, 0.3) is 0 Å². The summed E-state index contributed by atoms with van der Waals surface area (Å²) in [7, 11) is 0. The number of carbonyl (C=O) groups excluding carboxylic acids is 1. The number of rotatable bonds is 2. The van der Waals surface area contributed by atoms with Gasteiger partial charge in [0.2, 0.25) is 0 Å². The van der Waals surface area contributed by atoms with E-state index in [0.29, 0.717) is 17.4 Å². The van der Waals surface area contributed by atoms with E-state index >= 15 is 0 Å². The first kappa shape index (κ1) is 14.0. The number of amides is 2. The van der Waals surface area contributed by atoms with Gasteiger partial charge < -0.3 is 4.52 Å². The number of hydrogen-bond donors (Lipinski definition) is 2. The predicted molar refractivity (Wildman–Crippen MR) is 76.8 cm³/mol. The van der Waals surface area contributed by atoms with Crippen molar-refractivity contribution in [2.75, 3.05) is 10.6 Å². The molecule has 106 valence electrons. The van der Waals surface area contributed by atoms with Gasteiger partial charge in [-0.1, -0.05) is 32.0 Å². The smallest absolute Gasteiger partial charge is 0.326 e. The standard InChI is InChI=1S/C14H18N4O2/c1-9-5-6-11(15-8-9)16-13(19)17-12-7-10(20-18-12)14(2,3)4/h5-8H,1-4H3,(H2,15,16,17,18,19). The van der Waals surface area contributed by atoms with Gasteiger partial charge in [-0.2, -0.15) is 0 Å². The first-order chi connectivity index (χ1) is 9.34. The maximum atomic E-state index is 11.8. The Kier molecular flexibility index (Phi) is 3.74. The molecule has 2 aromatic rings. The molecule has 0 bridgehead atoms. The molecule has 0 aromatic carbocycles. The van der Waals surface area contributed by atoms with Gasteiger partial charge in [0.05, 0.1) is 0 Å². The third-order valence-corrected chi connectivity index (χ3v) is 2.64. The molecule has 6 nitrogen and oxygen atoms in total. The monoisotopic (exact) mass is 274 g/mol. The van der Waals surface area contributed by atoms with Crippen LogP contribution in [0.4, 0.5) is 16.4 Å². The molecule has 0 saturated carbocycles. The van der Waals surface area contributed by atoms with Crippen LogP contribution < -0.4 is 10.6 Å². The number of pyridine rings is 1. The highest BCUT2D eigenvalue weighted by Crippen LogP contribution is 2.24. The lowest BCUT2D eigenvalue weighted by Crippen LogP contribution is -2.20. The molecule has 2 rings (SSSR count). The predicted octanol–water partition coefficient (Wildman–Crippen LogP) is 3.32. The van der Waals surface area contributed by atoms with Crippen molar-refractivity contribution in [1.29, 1.82) is 0 Å². The summed E-state index contributed by atoms with van der Waals surface area (Å²) in [5, 5.41) is 9.04. The van der Waals surface area contributed by atoms with Crippen molar-refractivity contribution in [2.45, 2.75) is 33.1 Å². The van der Waals surface area contributed by atoms with Gasteiger partial charge in [-0.05, 0) is 18.6 Å². The molecule has 20 heavy (non-hydrogen) atoms. The molecule has 2 heterocycles. The van der Waals surface area contributed by atoms with Gasteiger partial charge >= 0.3 is 6.03 Å². The van der Waals surface area contributed by atoms with Crippen LogP contribution in [0.25, 0.3) is 0 Å². The molecule has 0 radical (unpaired) electrons. The Morgan fingerprint density at radius 2 is 1.90 bits per heavy atom. The van der Waals surface area contributed by atoms with Gasteiger partial charge in [0, 0.05) is 17.7 Å². The second-order valence-corrected chi connectivity index (χ2v) is 5.63. The molecule has 2 N–H and O–H groups in total. The number of nitrogens with one attached hydrogen (secondary N) is 2. The van der Waals surface area contributed by atoms with Gasteiger partial charge in [0.1, 0.15) is 11.6 Å². The van der Waals surface area contributed by atoms with Crippen molar-refractivity contribution < 1.29 is 9.32 Å². The third-order valence-electron chi connectivity index (χ3n) is 2.64. The van der Waals surface area contributed by atoms with Crippen molar-refractivity contribution in [1.82, 2.24) is 10.1 Å². The van der Waals surface area contributed by atoms with Crippen molar-refractivity contribution in [2.24, 2.45) is 0 Å². The fraction of sp³-hybridized carbons (Fsp3) is 0.357. The van der Waals surface area contributed by atoms with Crippen LogP contribution in [0.1, 0.15) is 32.1 Å². The van der Waals surface area contributed by atoms with Crippen molar-refractivity contribution in [3.63, 3.8) is 0 Å². The summed E-state index contributed by atoms with van der Waals surface area (Å²) < 4.78 is 5.19. The number of nitrogens with zero attached hydrogens (tertiary/aromatic N) is 2. The molecule has 0 aliphatic rings. The van der Waals surface area contributed by atoms with E-state index in [9.17, 15) is 4.79 Å². The van der Waals surface area contributed by atoms with Crippen LogP contribution in [-0.2, 0) is 5.41 Å². The molecule has 0 spiro atoms. The lowest BCUT2D eigenvalue weighted by Gasteiger charge is -2.12. The van der Waals surface area contributed by atoms with E-state index in [1.54, 1.807) is 18.3 Å². The molecule has 2 aromatic heterocycles. The van der Waals surface area contributed by atoms with Crippen molar-refractivity contribution >= 4 is 17.7 Å². The maximum absolute atomic E-state index is 11.8. The van der Waals surface area contributed by atoms with Crippen molar-refractivity contribution in [3.8, 4) is 0 Å². The number of aryl methyl sites for hydroxylation is 1. The summed E-state index contributed by atoms with van der Waals surface area (Å²) >= 11 is 0. The zero-order chi connectivity index (χ0) is 14.8. The number of carbonyl (C=O) groups is 1. The van der Waals surface area contributed by atoms with Gasteiger partial charge in [-0.3, -0.25) is 10.6 Å². The van der Waals surface area contributed by atoms with Crippen LogP contribution in [0.15, 0.2) is 28.9 Å². The van der Waals surface area contributed by atoms with E-state index in [0.717, 1.165) is 5.56 Å². The van der Waals surface area contributed by atoms with E-state index in [1.165, 1.54) is 0 Å². The fourth-order valence-electron chi connectivity index (χ4n) is 1.49. The van der Waals surface area contributed by atoms with E-state index in [2.05, 4.69) is 20.8 Å². The molecule has 2 amide bonds. The first-order valence-electron chi connectivity index (χ1n) is 6.32. The summed E-state index contributed by atoms with van der Waals surface area (Å²) in [6.45, 7) is 7.95. The molecular weight excluding hydrogens is 256 g/mol. The minimum absolute atomic E-state index is 0.151. The van der Waals surface area contributed by atoms with E-state index in [1.807, 2.05) is 33.8 Å². The SMILES string of the molecule is Cc1ccc(NC(=O)Nc2cc(C(C)(C)C)on2)nc1. The van der Waals surface area contributed by atoms with E-state index in [-0.39, 0.29) is 5.41 Å². The lowest BCUT2D eigenvalue weighted by atomic mass is 9.93. The molecule has 0 fully saturated rings. The topological polar surface area (TPSA) is 80.0 Å². The first-order valence-corrected chi connectivity index (χ1v) is 6.32. The average molecular weight is 274 g/mol. The average Bonchev–Trinajstić information content (AvgIpc) is 2.80. The van der Waals surface area contributed by atoms with Gasteiger partial charge in [-0.15, -0.1) is 0 Å². The molecule has 6 heteroatoms. The Balaban J connectivity index is 1.98. The lowest BCUT2D eigenvalue weighted by molar-refractivity contribution is 0.261. The highest BCUT2D eigenvalue weighted by molar-refractivity contribution is 5.98. The van der Waals surface area contributed by atoms with Crippen molar-refractivity contribution in [3.05, 3.63) is 35.7 Å². The summed E-state index contributed by atoms with van der Waals surface area (Å²) in [6, 6.07) is 4.91. The van der Waals surface area contributed by atoms with Gasteiger partial charge in [-0.25, -0.2) is 9.78 Å². The molecule has 0 aliphatic heterocycles. The zero-order valence-corrected chi connectivity index (χ0v) is 12.0. The van der Waals surface area contributed by atoms with Crippen LogP contribution in [0.5, 0.6) is 0 Å². The molecule has 0 saturated heterocycles. The van der Waals surface area contributed by atoms with E-state index < -0.39 is 6.03 Å². The zero-order valence-electron chi connectivity index (χ0n) is 12.0. The highest BCUT2D eigenvalue weighted by Gasteiger charge is 2.20. The second kappa shape index (κ2) is 5.32. The van der Waals surface area contributed by atoms with E-state index in [4.69, 9.17) is 4.52 Å². The summed E-state index contributed by atoms with van der Waals surface area (Å²) in [4.78, 5) is 15.9. The number of hydrogen-bond acceptors (Lipinski definition) is 4. The summed E-state index contributed by atoms with van der Waals surface area (Å²) in [5.41, 5.74) is 0.879. The minimum Gasteiger partial charge on any atom is -0.359 e. The largest absolute Gasteiger partial charge is 0.359 e. The molecule has 0 atom stereocenters. The third kappa shape index (κ3) is 3.57. The molecule has 0 aliphatic carbocycles. The Morgan fingerprint density at radius 3 is 2.45 bits per heavy atom. The van der Waals surface area contributed by atoms with Crippen LogP contribution in [0.2, 0.25) is 0 Å². The Hall–Kier alpha value is -2.37. The highest BCUT2D eigenvalue weighted by atomic mass is 16.5.